The van der Waals surface area contributed by atoms with Gasteiger partial charge in [-0.2, -0.15) is 10.4 Å². The van der Waals surface area contributed by atoms with E-state index >= 15 is 0 Å². The number of imide groups is 2. The van der Waals surface area contributed by atoms with Crippen LogP contribution in [-0.4, -0.2) is 105 Å². The number of aromatic nitrogens is 3. The first-order chi connectivity index (χ1) is 28.6. The van der Waals surface area contributed by atoms with Crippen LogP contribution in [0.4, 0.5) is 5.69 Å². The van der Waals surface area contributed by atoms with Crippen molar-refractivity contribution >= 4 is 46.8 Å². The molecule has 1 aromatic heterocycles. The Labute approximate surface area is 347 Å². The second-order valence-electron chi connectivity index (χ2n) is 17.4. The van der Waals surface area contributed by atoms with Gasteiger partial charge in [-0.15, -0.1) is 0 Å². The van der Waals surface area contributed by atoms with Crippen LogP contribution in [0.3, 0.4) is 0 Å². The van der Waals surface area contributed by atoms with Gasteiger partial charge in [0.05, 0.1) is 33.9 Å². The van der Waals surface area contributed by atoms with Crippen molar-refractivity contribution in [3.8, 4) is 11.8 Å². The molecule has 59 heavy (non-hydrogen) atoms. The maximum Gasteiger partial charge on any atom is 0.289 e. The Morgan fingerprint density at radius 2 is 1.68 bits per heavy atom. The van der Waals surface area contributed by atoms with Crippen molar-refractivity contribution in [3.05, 3.63) is 70.3 Å². The molecule has 1 unspecified atom stereocenters. The fourth-order valence-electron chi connectivity index (χ4n) is 10.2. The van der Waals surface area contributed by atoms with Crippen LogP contribution in [0.1, 0.15) is 120 Å². The number of fused-ring (bicyclic) bond motifs is 1. The van der Waals surface area contributed by atoms with E-state index in [2.05, 4.69) is 36.6 Å². The number of piperidine rings is 2. The van der Waals surface area contributed by atoms with E-state index in [9.17, 15) is 24.0 Å². The lowest BCUT2D eigenvalue weighted by molar-refractivity contribution is -0.136. The van der Waals surface area contributed by atoms with E-state index in [0.717, 1.165) is 108 Å². The predicted octanol–water partition coefficient (Wildman–Crippen LogP) is 4.66. The number of ether oxygens (including phenoxy) is 1. The van der Waals surface area contributed by atoms with Crippen LogP contribution < -0.4 is 20.3 Å². The van der Waals surface area contributed by atoms with Gasteiger partial charge in [0, 0.05) is 49.3 Å². The molecule has 2 saturated carbocycles. The van der Waals surface area contributed by atoms with Crippen LogP contribution in [0.15, 0.2) is 42.7 Å². The number of nitrogens with one attached hydrogen (secondary N) is 2. The molecule has 1 atom stereocenters. The van der Waals surface area contributed by atoms with Crippen LogP contribution in [0.25, 0.3) is 0 Å². The molecule has 3 saturated heterocycles. The van der Waals surface area contributed by atoms with E-state index in [1.807, 2.05) is 10.7 Å². The third-order valence-electron chi connectivity index (χ3n) is 13.6. The summed E-state index contributed by atoms with van der Waals surface area (Å²) in [5, 5.41) is 19.4. The minimum Gasteiger partial charge on any atom is -0.490 e. The highest BCUT2D eigenvalue weighted by atomic mass is 35.5. The van der Waals surface area contributed by atoms with Gasteiger partial charge in [0.1, 0.15) is 24.2 Å². The summed E-state index contributed by atoms with van der Waals surface area (Å²) in [5.41, 5.74) is 2.19. The second-order valence-corrected chi connectivity index (χ2v) is 17.8. The van der Waals surface area contributed by atoms with Crippen LogP contribution in [0.2, 0.25) is 5.02 Å². The van der Waals surface area contributed by atoms with E-state index in [1.165, 1.54) is 6.33 Å². The average molecular weight is 822 g/mol. The molecular weight excluding hydrogens is 774 g/mol. The van der Waals surface area contributed by atoms with Crippen molar-refractivity contribution in [1.82, 2.24) is 35.2 Å². The first-order valence-corrected chi connectivity index (χ1v) is 21.3. The number of hydrogen-bond donors (Lipinski definition) is 2. The molecule has 3 aromatic rings. The zero-order valence-electron chi connectivity index (χ0n) is 32.9. The van der Waals surface area contributed by atoms with Gasteiger partial charge in [0.15, 0.2) is 0 Å². The van der Waals surface area contributed by atoms with Gasteiger partial charge in [-0.1, -0.05) is 11.6 Å². The lowest BCUT2D eigenvalue weighted by Gasteiger charge is -2.55. The molecular formula is C43H48ClN9O6. The van der Waals surface area contributed by atoms with E-state index in [4.69, 9.17) is 21.6 Å². The van der Waals surface area contributed by atoms with Crippen LogP contribution in [0.5, 0.6) is 5.75 Å². The number of hydrogen-bond acceptors (Lipinski definition) is 11. The van der Waals surface area contributed by atoms with Crippen LogP contribution >= 0.6 is 11.6 Å². The minimum absolute atomic E-state index is 0.0230. The van der Waals surface area contributed by atoms with Crippen molar-refractivity contribution in [2.45, 2.75) is 101 Å². The molecule has 2 N–H and O–H groups in total. The highest BCUT2D eigenvalue weighted by Gasteiger charge is 2.48. The Morgan fingerprint density at radius 1 is 0.932 bits per heavy atom. The Kier molecular flexibility index (Phi) is 10.6. The lowest BCUT2D eigenvalue weighted by atomic mass is 9.71. The molecule has 4 aliphatic heterocycles. The third-order valence-corrected chi connectivity index (χ3v) is 13.9. The largest absolute Gasteiger partial charge is 0.490 e. The summed E-state index contributed by atoms with van der Waals surface area (Å²) in [6.45, 7) is 4.99. The maximum atomic E-state index is 13.4. The van der Waals surface area contributed by atoms with Crippen LogP contribution in [0, 0.1) is 22.7 Å². The van der Waals surface area contributed by atoms with Gasteiger partial charge in [0.25, 0.3) is 17.7 Å². The number of amides is 5. The highest BCUT2D eigenvalue weighted by Crippen LogP contribution is 2.44. The number of likely N-dealkylation sites (tertiary alicyclic amines) is 1. The number of anilines is 1. The smallest absolute Gasteiger partial charge is 0.289 e. The fraction of sp³-hybridized carbons (Fsp3) is 0.535. The molecule has 0 radical (unpaired) electrons. The molecule has 2 aromatic carbocycles. The number of carbonyl (C=O) groups is 5. The number of carbonyl (C=O) groups excluding carboxylic acids is 5. The molecule has 9 rings (SSSR count). The van der Waals surface area contributed by atoms with Gasteiger partial charge in [-0.3, -0.25) is 34.2 Å². The quantitative estimate of drug-likeness (QED) is 0.287. The van der Waals surface area contributed by atoms with Gasteiger partial charge in [-0.05, 0) is 120 Å². The van der Waals surface area contributed by atoms with Crippen molar-refractivity contribution in [2.24, 2.45) is 11.3 Å². The zero-order valence-corrected chi connectivity index (χ0v) is 33.7. The monoisotopic (exact) mass is 821 g/mol. The SMILES string of the molecule is N#Cc1ccc(OC2CCC(NC(=O)c3ncnn3C3CCC(CN4CCC5(CC4)CN(c4ccc6c(c4)C(=O)N(C4CCC(=O)NC4=O)C6=O)C5)CC3)CC2)cc1Cl. The summed E-state index contributed by atoms with van der Waals surface area (Å²) < 4.78 is 7.96. The first kappa shape index (κ1) is 39.1. The van der Waals surface area contributed by atoms with E-state index in [0.29, 0.717) is 39.2 Å². The topological polar surface area (TPSA) is 183 Å². The van der Waals surface area contributed by atoms with Crippen molar-refractivity contribution in [2.75, 3.05) is 37.6 Å². The normalized spacial score (nSPS) is 26.9. The maximum absolute atomic E-state index is 13.4. The molecule has 1 spiro atoms. The molecule has 6 aliphatic rings. The zero-order chi connectivity index (χ0) is 40.8. The van der Waals surface area contributed by atoms with Crippen molar-refractivity contribution < 1.29 is 28.7 Å². The summed E-state index contributed by atoms with van der Waals surface area (Å²) in [6.07, 6.45) is 11.2. The summed E-state index contributed by atoms with van der Waals surface area (Å²) in [6, 6.07) is 11.8. The van der Waals surface area contributed by atoms with E-state index in [-0.39, 0.29) is 48.3 Å². The van der Waals surface area contributed by atoms with Crippen molar-refractivity contribution in [1.29, 1.82) is 5.26 Å². The van der Waals surface area contributed by atoms with Gasteiger partial charge in [0.2, 0.25) is 17.6 Å². The van der Waals surface area contributed by atoms with Gasteiger partial charge in [-0.25, -0.2) is 9.67 Å². The number of benzene rings is 2. The number of halogens is 1. The summed E-state index contributed by atoms with van der Waals surface area (Å²) in [4.78, 5) is 74.2. The number of nitrogens with zero attached hydrogens (tertiary/aromatic N) is 7. The third kappa shape index (κ3) is 7.80. The first-order valence-electron chi connectivity index (χ1n) is 21.0. The molecule has 16 heteroatoms. The summed E-state index contributed by atoms with van der Waals surface area (Å²) in [7, 11) is 0. The van der Waals surface area contributed by atoms with E-state index in [1.54, 1.807) is 30.3 Å². The summed E-state index contributed by atoms with van der Waals surface area (Å²) >= 11 is 6.17. The van der Waals surface area contributed by atoms with E-state index < -0.39 is 23.8 Å². The predicted molar refractivity (Wildman–Crippen MR) is 215 cm³/mol. The Balaban J connectivity index is 0.702. The fourth-order valence-corrected chi connectivity index (χ4v) is 10.4. The Hall–Kier alpha value is -5.33. The molecule has 5 fully saturated rings. The number of nitriles is 1. The Bertz CT molecular complexity index is 2210. The lowest BCUT2D eigenvalue weighted by Crippen LogP contribution is -2.60. The molecule has 308 valence electrons. The Morgan fingerprint density at radius 3 is 2.39 bits per heavy atom. The number of rotatable bonds is 9. The molecule has 5 heterocycles. The molecule has 2 aliphatic carbocycles. The van der Waals surface area contributed by atoms with Crippen LogP contribution in [-0.2, 0) is 9.59 Å². The van der Waals surface area contributed by atoms with Gasteiger partial charge < -0.3 is 19.9 Å². The highest BCUT2D eigenvalue weighted by molar-refractivity contribution is 6.31. The van der Waals surface area contributed by atoms with Crippen molar-refractivity contribution in [3.63, 3.8) is 0 Å². The average Bonchev–Trinajstić information content (AvgIpc) is 3.81. The molecule has 0 bridgehead atoms. The molecule has 15 nitrogen and oxygen atoms in total. The van der Waals surface area contributed by atoms with Gasteiger partial charge >= 0.3 is 0 Å². The molecule has 5 amide bonds. The minimum atomic E-state index is -0.968. The second kappa shape index (κ2) is 16.0. The summed E-state index contributed by atoms with van der Waals surface area (Å²) in [5.74, 6) is -0.503. The standard InChI is InChI=1S/C43H48ClN9O6/c44-35-20-32(9-3-27(35)21-45)59-31-10-4-28(5-11-31)48-40(56)38-46-25-47-53(38)29-6-1-26(2-7-29)22-50-17-15-43(16-18-50)23-51(24-43)30-8-12-33-34(19-30)42(58)52(41(33)57)36-13-14-37(54)49-39(36)55/h3,8-9,12,19-20,25-26,28-29,31,36H,1-2,4-7,10-11,13-18,22-24H2,(H,48,56)(H,49,54,55).